The maximum atomic E-state index is 12.0. The fourth-order valence-electron chi connectivity index (χ4n) is 2.03. The van der Waals surface area contributed by atoms with E-state index in [-0.39, 0.29) is 12.0 Å². The van der Waals surface area contributed by atoms with Gasteiger partial charge in [0.25, 0.3) is 5.91 Å². The number of hydrogen-bond acceptors (Lipinski definition) is 3. The third-order valence-corrected chi connectivity index (χ3v) is 3.18. The van der Waals surface area contributed by atoms with Crippen molar-refractivity contribution in [3.63, 3.8) is 0 Å². The number of hydrogen-bond donors (Lipinski definition) is 0. The molecule has 2 rings (SSSR count). The lowest BCUT2D eigenvalue weighted by atomic mass is 10.2. The number of amides is 2. The van der Waals surface area contributed by atoms with Gasteiger partial charge in [-0.05, 0) is 19.1 Å². The van der Waals surface area contributed by atoms with Crippen molar-refractivity contribution in [1.29, 1.82) is 0 Å². The summed E-state index contributed by atoms with van der Waals surface area (Å²) in [4.78, 5) is 26.8. The van der Waals surface area contributed by atoms with Gasteiger partial charge in [-0.2, -0.15) is 0 Å². The van der Waals surface area contributed by atoms with E-state index in [1.165, 1.54) is 0 Å². The quantitative estimate of drug-likeness (QED) is 0.732. The molecule has 0 atom stereocenters. The van der Waals surface area contributed by atoms with Gasteiger partial charge in [-0.25, -0.2) is 4.79 Å². The minimum absolute atomic E-state index is 0.206. The third-order valence-electron chi connectivity index (χ3n) is 3.18. The predicted molar refractivity (Wildman–Crippen MR) is 78.5 cm³/mol. The van der Waals surface area contributed by atoms with Crippen LogP contribution in [0.3, 0.4) is 0 Å². The van der Waals surface area contributed by atoms with Crippen LogP contribution >= 0.6 is 0 Å². The molecule has 21 heavy (non-hydrogen) atoms. The van der Waals surface area contributed by atoms with Crippen LogP contribution in [0, 0.1) is 11.8 Å². The van der Waals surface area contributed by atoms with Crippen molar-refractivity contribution < 1.29 is 14.3 Å². The molecule has 1 aromatic carbocycles. The number of ether oxygens (including phenoxy) is 1. The van der Waals surface area contributed by atoms with Crippen molar-refractivity contribution in [3.05, 3.63) is 35.9 Å². The summed E-state index contributed by atoms with van der Waals surface area (Å²) in [6, 6.07) is 9.39. The van der Waals surface area contributed by atoms with E-state index in [1.54, 1.807) is 16.7 Å². The minimum atomic E-state index is -0.319. The van der Waals surface area contributed by atoms with E-state index in [4.69, 9.17) is 4.74 Å². The van der Waals surface area contributed by atoms with E-state index >= 15 is 0 Å². The van der Waals surface area contributed by atoms with Crippen LogP contribution in [0.4, 0.5) is 4.79 Å². The highest BCUT2D eigenvalue weighted by Gasteiger charge is 2.23. The zero-order chi connectivity index (χ0) is 15.1. The second-order valence-corrected chi connectivity index (χ2v) is 4.59. The Morgan fingerprint density at radius 2 is 1.71 bits per heavy atom. The van der Waals surface area contributed by atoms with Crippen molar-refractivity contribution in [2.45, 2.75) is 6.92 Å². The number of benzene rings is 1. The molecule has 1 fully saturated rings. The first-order valence-electron chi connectivity index (χ1n) is 6.98. The topological polar surface area (TPSA) is 49.9 Å². The molecule has 0 spiro atoms. The molecule has 0 radical (unpaired) electrons. The molecule has 1 saturated heterocycles. The SMILES string of the molecule is CCOC(=O)N1CCN(C(=O)C#Cc2ccccc2)CC1. The Balaban J connectivity index is 1.86. The average Bonchev–Trinajstić information content (AvgIpc) is 2.54. The lowest BCUT2D eigenvalue weighted by Crippen LogP contribution is -2.50. The molecule has 0 unspecified atom stereocenters. The van der Waals surface area contributed by atoms with Crippen LogP contribution in [0.1, 0.15) is 12.5 Å². The average molecular weight is 286 g/mol. The summed E-state index contributed by atoms with van der Waals surface area (Å²) in [5.74, 6) is 5.28. The molecule has 0 bridgehead atoms. The number of rotatable bonds is 1. The summed E-state index contributed by atoms with van der Waals surface area (Å²) >= 11 is 0. The maximum absolute atomic E-state index is 12.0. The Morgan fingerprint density at radius 1 is 1.10 bits per heavy atom. The number of carbonyl (C=O) groups is 2. The highest BCUT2D eigenvalue weighted by molar-refractivity contribution is 5.94. The Hall–Kier alpha value is -2.48. The Morgan fingerprint density at radius 3 is 2.33 bits per heavy atom. The van der Waals surface area contributed by atoms with Crippen LogP contribution in [-0.4, -0.2) is 54.6 Å². The van der Waals surface area contributed by atoms with Crippen LogP contribution in [0.25, 0.3) is 0 Å². The van der Waals surface area contributed by atoms with E-state index in [9.17, 15) is 9.59 Å². The van der Waals surface area contributed by atoms with E-state index in [0.717, 1.165) is 5.56 Å². The van der Waals surface area contributed by atoms with Crippen molar-refractivity contribution in [1.82, 2.24) is 9.80 Å². The number of piperazine rings is 1. The van der Waals surface area contributed by atoms with Gasteiger partial charge < -0.3 is 14.5 Å². The van der Waals surface area contributed by atoms with E-state index in [1.807, 2.05) is 30.3 Å². The van der Waals surface area contributed by atoms with Crippen LogP contribution in [-0.2, 0) is 9.53 Å². The monoisotopic (exact) mass is 286 g/mol. The van der Waals surface area contributed by atoms with E-state index in [0.29, 0.717) is 32.8 Å². The van der Waals surface area contributed by atoms with Gasteiger partial charge in [-0.3, -0.25) is 4.79 Å². The fraction of sp³-hybridized carbons (Fsp3) is 0.375. The van der Waals surface area contributed by atoms with Gasteiger partial charge >= 0.3 is 6.09 Å². The lowest BCUT2D eigenvalue weighted by Gasteiger charge is -2.32. The Kier molecular flexibility index (Phi) is 5.22. The standard InChI is InChI=1S/C16H18N2O3/c1-2-21-16(20)18-12-10-17(11-13-18)15(19)9-8-14-6-4-3-5-7-14/h3-7H,2,10-13H2,1H3. The van der Waals surface area contributed by atoms with Crippen molar-refractivity contribution in [3.8, 4) is 11.8 Å². The highest BCUT2D eigenvalue weighted by Crippen LogP contribution is 2.04. The molecule has 110 valence electrons. The fourth-order valence-corrected chi connectivity index (χ4v) is 2.03. The number of carbonyl (C=O) groups excluding carboxylic acids is 2. The van der Waals surface area contributed by atoms with Gasteiger partial charge in [0, 0.05) is 37.7 Å². The number of nitrogens with zero attached hydrogens (tertiary/aromatic N) is 2. The molecule has 1 aromatic rings. The van der Waals surface area contributed by atoms with E-state index < -0.39 is 0 Å². The van der Waals surface area contributed by atoms with E-state index in [2.05, 4.69) is 11.8 Å². The van der Waals surface area contributed by atoms with Crippen LogP contribution < -0.4 is 0 Å². The minimum Gasteiger partial charge on any atom is -0.450 e. The first-order valence-corrected chi connectivity index (χ1v) is 6.98. The molecule has 1 aliphatic rings. The molecule has 1 heterocycles. The molecular formula is C16H18N2O3. The zero-order valence-corrected chi connectivity index (χ0v) is 12.0. The van der Waals surface area contributed by atoms with Gasteiger partial charge in [0.1, 0.15) is 0 Å². The first-order chi connectivity index (χ1) is 10.2. The summed E-state index contributed by atoms with van der Waals surface area (Å²) < 4.78 is 4.94. The zero-order valence-electron chi connectivity index (χ0n) is 12.0. The third kappa shape index (κ3) is 4.25. The van der Waals surface area contributed by atoms with Crippen LogP contribution in [0.15, 0.2) is 30.3 Å². The van der Waals surface area contributed by atoms with Gasteiger partial charge in [0.05, 0.1) is 6.61 Å². The van der Waals surface area contributed by atoms with Crippen molar-refractivity contribution in [2.75, 3.05) is 32.8 Å². The predicted octanol–water partition coefficient (Wildman–Crippen LogP) is 1.34. The van der Waals surface area contributed by atoms with Gasteiger partial charge in [0.15, 0.2) is 0 Å². The normalized spacial score (nSPS) is 14.1. The van der Waals surface area contributed by atoms with Crippen LogP contribution in [0.2, 0.25) is 0 Å². The summed E-state index contributed by atoms with van der Waals surface area (Å²) in [6.45, 7) is 4.08. The second kappa shape index (κ2) is 7.34. The molecule has 0 N–H and O–H groups in total. The van der Waals surface area contributed by atoms with Crippen LogP contribution in [0.5, 0.6) is 0 Å². The molecule has 0 aliphatic carbocycles. The molecule has 2 amide bonds. The first kappa shape index (κ1) is 14.9. The summed E-state index contributed by atoms with van der Waals surface area (Å²) in [6.07, 6.45) is -0.319. The smallest absolute Gasteiger partial charge is 0.409 e. The molecule has 5 heteroatoms. The summed E-state index contributed by atoms with van der Waals surface area (Å²) in [5.41, 5.74) is 0.816. The van der Waals surface area contributed by atoms with Gasteiger partial charge in [-0.1, -0.05) is 24.1 Å². The molecular weight excluding hydrogens is 268 g/mol. The van der Waals surface area contributed by atoms with Gasteiger partial charge in [-0.15, -0.1) is 0 Å². The Bertz CT molecular complexity index is 552. The lowest BCUT2D eigenvalue weighted by molar-refractivity contribution is -0.126. The van der Waals surface area contributed by atoms with Crippen molar-refractivity contribution in [2.24, 2.45) is 0 Å². The molecule has 0 aromatic heterocycles. The molecule has 1 aliphatic heterocycles. The highest BCUT2D eigenvalue weighted by atomic mass is 16.6. The second-order valence-electron chi connectivity index (χ2n) is 4.59. The summed E-state index contributed by atoms with van der Waals surface area (Å²) in [5, 5.41) is 0. The van der Waals surface area contributed by atoms with Crippen molar-refractivity contribution >= 4 is 12.0 Å². The maximum Gasteiger partial charge on any atom is 0.409 e. The molecule has 5 nitrogen and oxygen atoms in total. The van der Waals surface area contributed by atoms with Gasteiger partial charge in [0.2, 0.25) is 0 Å². The largest absolute Gasteiger partial charge is 0.450 e. The molecule has 0 saturated carbocycles. The summed E-state index contributed by atoms with van der Waals surface area (Å²) in [7, 11) is 0. The Labute approximate surface area is 124 Å².